The Bertz CT molecular complexity index is 1480. The largest absolute Gasteiger partial charge is 0.492 e. The summed E-state index contributed by atoms with van der Waals surface area (Å²) in [6.07, 6.45) is 7.04. The molecule has 0 radical (unpaired) electrons. The minimum atomic E-state index is 0.0642. The number of rotatable bonds is 13. The molecule has 6 heteroatoms. The minimum absolute atomic E-state index is 0.0642. The van der Waals surface area contributed by atoms with Crippen molar-refractivity contribution in [3.8, 4) is 21.9 Å². The highest BCUT2D eigenvalue weighted by molar-refractivity contribution is 7.22. The van der Waals surface area contributed by atoms with Gasteiger partial charge in [-0.2, -0.15) is 0 Å². The van der Waals surface area contributed by atoms with E-state index >= 15 is 0 Å². The molecule has 0 spiro atoms. The highest BCUT2D eigenvalue weighted by atomic mass is 32.1. The Labute approximate surface area is 254 Å². The maximum absolute atomic E-state index is 14.2. The molecule has 220 valence electrons. The van der Waals surface area contributed by atoms with Crippen molar-refractivity contribution < 1.29 is 14.3 Å². The summed E-state index contributed by atoms with van der Waals surface area (Å²) in [7, 11) is 0. The second-order valence-electron chi connectivity index (χ2n) is 11.5. The predicted octanol–water partition coefficient (Wildman–Crippen LogP) is 7.70. The number of benzene rings is 3. The molecule has 2 saturated heterocycles. The number of carbonyl (C=O) groups excluding carboxylic acids is 1. The molecule has 2 aliphatic heterocycles. The summed E-state index contributed by atoms with van der Waals surface area (Å²) in [4.78, 5) is 20.2. The normalized spacial score (nSPS) is 15.9. The third kappa shape index (κ3) is 6.72. The van der Waals surface area contributed by atoms with E-state index in [1.807, 2.05) is 36.4 Å². The number of carbonyl (C=O) groups is 1. The molecule has 0 unspecified atom stereocenters. The number of fused-ring (bicyclic) bond motifs is 1. The Kier molecular flexibility index (Phi) is 9.54. The molecular weight excluding hydrogens is 540 g/mol. The molecule has 0 saturated carbocycles. The molecule has 3 aromatic carbocycles. The van der Waals surface area contributed by atoms with E-state index in [4.69, 9.17) is 9.47 Å². The van der Waals surface area contributed by atoms with E-state index < -0.39 is 0 Å². The van der Waals surface area contributed by atoms with Crippen LogP contribution in [0.25, 0.3) is 20.5 Å². The first-order chi connectivity index (χ1) is 20.7. The quantitative estimate of drug-likeness (QED) is 0.151. The minimum Gasteiger partial charge on any atom is -0.492 e. The lowest BCUT2D eigenvalue weighted by atomic mass is 9.95. The summed E-state index contributed by atoms with van der Waals surface area (Å²) >= 11 is 1.68. The Hall–Kier alpha value is -3.19. The van der Waals surface area contributed by atoms with Crippen molar-refractivity contribution in [2.45, 2.75) is 45.4 Å². The van der Waals surface area contributed by atoms with E-state index in [2.05, 4.69) is 47.1 Å². The number of ketones is 1. The van der Waals surface area contributed by atoms with Crippen LogP contribution in [-0.4, -0.2) is 68.1 Å². The van der Waals surface area contributed by atoms with Gasteiger partial charge in [-0.15, -0.1) is 11.3 Å². The molecule has 42 heavy (non-hydrogen) atoms. The molecule has 3 heterocycles. The summed E-state index contributed by atoms with van der Waals surface area (Å²) in [6, 6.07) is 22.5. The molecule has 4 aromatic rings. The zero-order valence-electron chi connectivity index (χ0n) is 24.8. The number of likely N-dealkylation sites (tertiary alicyclic amines) is 2. The Morgan fingerprint density at radius 3 is 2.17 bits per heavy atom. The maximum Gasteiger partial charge on any atom is 0.195 e. The van der Waals surface area contributed by atoms with Crippen LogP contribution >= 0.6 is 11.3 Å². The van der Waals surface area contributed by atoms with Crippen LogP contribution in [0.3, 0.4) is 0 Å². The maximum atomic E-state index is 14.2. The van der Waals surface area contributed by atoms with Gasteiger partial charge >= 0.3 is 0 Å². The molecular formula is C36H42N2O3S. The highest BCUT2D eigenvalue weighted by Crippen LogP contribution is 2.40. The van der Waals surface area contributed by atoms with Crippen LogP contribution in [0, 0.1) is 0 Å². The van der Waals surface area contributed by atoms with Gasteiger partial charge in [0.1, 0.15) is 24.7 Å². The van der Waals surface area contributed by atoms with Crippen LogP contribution in [0.4, 0.5) is 0 Å². The van der Waals surface area contributed by atoms with Crippen molar-refractivity contribution in [2.75, 3.05) is 52.5 Å². The number of aryl methyl sites for hydroxylation is 1. The van der Waals surface area contributed by atoms with Crippen LogP contribution in [-0.2, 0) is 6.42 Å². The van der Waals surface area contributed by atoms with Crippen molar-refractivity contribution >= 4 is 27.2 Å². The fourth-order valence-electron chi connectivity index (χ4n) is 6.24. The number of thiophene rings is 1. The van der Waals surface area contributed by atoms with Crippen LogP contribution in [0.1, 0.15) is 60.5 Å². The lowest BCUT2D eigenvalue weighted by molar-refractivity contribution is 0.104. The summed E-state index contributed by atoms with van der Waals surface area (Å²) in [5, 5.41) is 1.01. The van der Waals surface area contributed by atoms with E-state index in [0.717, 1.165) is 74.6 Å². The number of nitrogens with zero attached hydrogens (tertiary/aromatic N) is 2. The number of hydrogen-bond donors (Lipinski definition) is 0. The molecule has 1 aromatic heterocycles. The molecule has 2 aliphatic rings. The summed E-state index contributed by atoms with van der Waals surface area (Å²) in [5.74, 6) is 1.84. The number of ether oxygens (including phenoxy) is 2. The first-order valence-corrected chi connectivity index (χ1v) is 16.5. The Balaban J connectivity index is 1.22. The SMILES string of the molecule is CCCc1cc(C(=O)c2c(-c3ccc(OCCN4CCCC4)cc3)sc3ccccc23)ccc1OCCN1CCCC1. The highest BCUT2D eigenvalue weighted by Gasteiger charge is 2.23. The molecule has 5 nitrogen and oxygen atoms in total. The third-order valence-electron chi connectivity index (χ3n) is 8.52. The van der Waals surface area contributed by atoms with Gasteiger partial charge < -0.3 is 9.47 Å². The van der Waals surface area contributed by atoms with Crippen molar-refractivity contribution in [2.24, 2.45) is 0 Å². The van der Waals surface area contributed by atoms with Crippen molar-refractivity contribution in [3.05, 3.63) is 83.4 Å². The van der Waals surface area contributed by atoms with Crippen molar-refractivity contribution in [1.29, 1.82) is 0 Å². The third-order valence-corrected chi connectivity index (χ3v) is 9.74. The lowest BCUT2D eigenvalue weighted by Gasteiger charge is -2.17. The fraction of sp³-hybridized carbons (Fsp3) is 0.417. The van der Waals surface area contributed by atoms with Gasteiger partial charge in [0, 0.05) is 39.2 Å². The second kappa shape index (κ2) is 13.9. The molecule has 0 amide bonds. The Morgan fingerprint density at radius 1 is 0.810 bits per heavy atom. The smallest absolute Gasteiger partial charge is 0.195 e. The predicted molar refractivity (Wildman–Crippen MR) is 173 cm³/mol. The fourth-order valence-corrected chi connectivity index (χ4v) is 7.44. The zero-order valence-corrected chi connectivity index (χ0v) is 25.6. The van der Waals surface area contributed by atoms with E-state index in [-0.39, 0.29) is 5.78 Å². The molecule has 6 rings (SSSR count). The summed E-state index contributed by atoms with van der Waals surface area (Å²) < 4.78 is 13.4. The van der Waals surface area contributed by atoms with Crippen LogP contribution in [0.2, 0.25) is 0 Å². The van der Waals surface area contributed by atoms with Gasteiger partial charge in [-0.1, -0.05) is 31.5 Å². The standard InChI is InChI=1S/C36H42N2O3S/c1-2-9-28-26-29(14-17-32(28)41-25-23-38-20-7-8-21-38)35(39)34-31-10-3-4-11-33(31)42-36(34)27-12-15-30(16-13-27)40-24-22-37-18-5-6-19-37/h3-4,10-17,26H,2,5-9,18-25H2,1H3. The van der Waals surface area contributed by atoms with Gasteiger partial charge in [-0.25, -0.2) is 0 Å². The molecule has 0 N–H and O–H groups in total. The molecule has 0 aliphatic carbocycles. The molecule has 2 fully saturated rings. The van der Waals surface area contributed by atoms with Gasteiger partial charge in [-0.3, -0.25) is 14.6 Å². The average Bonchev–Trinajstić information content (AvgIpc) is 3.80. The number of hydrogen-bond acceptors (Lipinski definition) is 6. The first kappa shape index (κ1) is 28.9. The molecule has 0 bridgehead atoms. The Morgan fingerprint density at radius 2 is 1.48 bits per heavy atom. The van der Waals surface area contributed by atoms with Crippen molar-refractivity contribution in [1.82, 2.24) is 9.80 Å². The van der Waals surface area contributed by atoms with Gasteiger partial charge in [0.25, 0.3) is 0 Å². The van der Waals surface area contributed by atoms with Crippen LogP contribution < -0.4 is 9.47 Å². The van der Waals surface area contributed by atoms with E-state index in [1.165, 1.54) is 51.9 Å². The van der Waals surface area contributed by atoms with Gasteiger partial charge in [0.2, 0.25) is 0 Å². The second-order valence-corrected chi connectivity index (χ2v) is 12.6. The monoisotopic (exact) mass is 582 g/mol. The van der Waals surface area contributed by atoms with Crippen LogP contribution in [0.5, 0.6) is 11.5 Å². The molecule has 0 atom stereocenters. The first-order valence-electron chi connectivity index (χ1n) is 15.7. The van der Waals surface area contributed by atoms with Gasteiger partial charge in [-0.05, 0) is 118 Å². The lowest BCUT2D eigenvalue weighted by Crippen LogP contribution is -2.25. The van der Waals surface area contributed by atoms with E-state index in [0.29, 0.717) is 13.2 Å². The summed E-state index contributed by atoms with van der Waals surface area (Å²) in [5.41, 5.74) is 3.66. The van der Waals surface area contributed by atoms with Gasteiger partial charge in [0.05, 0.1) is 0 Å². The van der Waals surface area contributed by atoms with Crippen molar-refractivity contribution in [3.63, 3.8) is 0 Å². The summed E-state index contributed by atoms with van der Waals surface area (Å²) in [6.45, 7) is 10.2. The average molecular weight is 583 g/mol. The zero-order chi connectivity index (χ0) is 28.7. The van der Waals surface area contributed by atoms with E-state index in [1.54, 1.807) is 11.3 Å². The van der Waals surface area contributed by atoms with E-state index in [9.17, 15) is 4.79 Å². The topological polar surface area (TPSA) is 42.0 Å². The van der Waals surface area contributed by atoms with Crippen LogP contribution in [0.15, 0.2) is 66.7 Å². The van der Waals surface area contributed by atoms with Gasteiger partial charge in [0.15, 0.2) is 5.78 Å².